The number of pyridine rings is 1. The molecule has 1 aliphatic rings. The van der Waals surface area contributed by atoms with Gasteiger partial charge in [-0.15, -0.1) is 0 Å². The molecule has 1 aromatic heterocycles. The summed E-state index contributed by atoms with van der Waals surface area (Å²) in [6.45, 7) is 3.50. The SMILES string of the molecule is CNS(=O)(=O)c1cccc(C(=O)N2CCN(Cc3ccccn3)CC2)c1. The molecule has 1 N–H and O–H groups in total. The maximum absolute atomic E-state index is 12.7. The summed E-state index contributed by atoms with van der Waals surface area (Å²) in [6.07, 6.45) is 1.78. The molecule has 1 saturated heterocycles. The average Bonchev–Trinajstić information content (AvgIpc) is 2.69. The van der Waals surface area contributed by atoms with Crippen LogP contribution in [0.4, 0.5) is 0 Å². The number of aromatic nitrogens is 1. The Hall–Kier alpha value is -2.29. The maximum atomic E-state index is 12.7. The van der Waals surface area contributed by atoms with Gasteiger partial charge in [0.15, 0.2) is 0 Å². The first kappa shape index (κ1) is 18.5. The lowest BCUT2D eigenvalue weighted by Crippen LogP contribution is -2.48. The third kappa shape index (κ3) is 4.27. The smallest absolute Gasteiger partial charge is 0.253 e. The molecule has 0 atom stereocenters. The van der Waals surface area contributed by atoms with Gasteiger partial charge in [-0.05, 0) is 37.4 Å². The van der Waals surface area contributed by atoms with Gasteiger partial charge < -0.3 is 4.90 Å². The van der Waals surface area contributed by atoms with E-state index in [0.717, 1.165) is 25.3 Å². The first-order valence-electron chi connectivity index (χ1n) is 8.45. The zero-order valence-corrected chi connectivity index (χ0v) is 15.4. The molecule has 0 aliphatic carbocycles. The highest BCUT2D eigenvalue weighted by Gasteiger charge is 2.23. The number of piperazine rings is 1. The fraction of sp³-hybridized carbons (Fsp3) is 0.333. The van der Waals surface area contributed by atoms with E-state index in [1.54, 1.807) is 23.2 Å². The molecule has 3 rings (SSSR count). The molecule has 0 unspecified atom stereocenters. The summed E-state index contributed by atoms with van der Waals surface area (Å²) in [6, 6.07) is 12.0. The third-order valence-corrected chi connectivity index (χ3v) is 5.84. The van der Waals surface area contributed by atoms with Gasteiger partial charge in [0.25, 0.3) is 5.91 Å². The topological polar surface area (TPSA) is 82.6 Å². The molecule has 0 bridgehead atoms. The number of rotatable bonds is 5. The molecular weight excluding hydrogens is 352 g/mol. The molecule has 7 nitrogen and oxygen atoms in total. The lowest BCUT2D eigenvalue weighted by molar-refractivity contribution is 0.0627. The first-order chi connectivity index (χ1) is 12.5. The molecule has 26 heavy (non-hydrogen) atoms. The van der Waals surface area contributed by atoms with E-state index in [2.05, 4.69) is 14.6 Å². The van der Waals surface area contributed by atoms with Crippen LogP contribution in [0.15, 0.2) is 53.6 Å². The van der Waals surface area contributed by atoms with Crippen molar-refractivity contribution in [2.24, 2.45) is 0 Å². The van der Waals surface area contributed by atoms with E-state index in [1.165, 1.54) is 19.2 Å². The van der Waals surface area contributed by atoms with Crippen molar-refractivity contribution in [1.29, 1.82) is 0 Å². The van der Waals surface area contributed by atoms with E-state index in [-0.39, 0.29) is 10.8 Å². The van der Waals surface area contributed by atoms with Crippen LogP contribution in [0.5, 0.6) is 0 Å². The van der Waals surface area contributed by atoms with Crippen LogP contribution in [0.2, 0.25) is 0 Å². The van der Waals surface area contributed by atoms with Crippen molar-refractivity contribution in [3.05, 3.63) is 59.9 Å². The second kappa shape index (κ2) is 7.94. The zero-order valence-electron chi connectivity index (χ0n) is 14.6. The minimum absolute atomic E-state index is 0.0969. The predicted molar refractivity (Wildman–Crippen MR) is 98.1 cm³/mol. The third-order valence-electron chi connectivity index (χ3n) is 4.43. The van der Waals surface area contributed by atoms with Crippen molar-refractivity contribution in [3.8, 4) is 0 Å². The standard InChI is InChI=1S/C18H22N4O3S/c1-19-26(24,25)17-7-4-5-15(13-17)18(23)22-11-9-21(10-12-22)14-16-6-2-3-8-20-16/h2-8,13,19H,9-12,14H2,1H3. The van der Waals surface area contributed by atoms with E-state index >= 15 is 0 Å². The summed E-state index contributed by atoms with van der Waals surface area (Å²) in [5.41, 5.74) is 1.40. The lowest BCUT2D eigenvalue weighted by atomic mass is 10.2. The van der Waals surface area contributed by atoms with Crippen molar-refractivity contribution < 1.29 is 13.2 Å². The van der Waals surface area contributed by atoms with Gasteiger partial charge in [-0.1, -0.05) is 12.1 Å². The molecule has 2 heterocycles. The number of sulfonamides is 1. The van der Waals surface area contributed by atoms with Gasteiger partial charge in [-0.25, -0.2) is 13.1 Å². The number of benzene rings is 1. The Morgan fingerprint density at radius 1 is 1.12 bits per heavy atom. The van der Waals surface area contributed by atoms with Gasteiger partial charge in [0, 0.05) is 44.5 Å². The van der Waals surface area contributed by atoms with Crippen molar-refractivity contribution in [1.82, 2.24) is 19.5 Å². The van der Waals surface area contributed by atoms with Crippen molar-refractivity contribution >= 4 is 15.9 Å². The van der Waals surface area contributed by atoms with Crippen molar-refractivity contribution in [2.75, 3.05) is 33.2 Å². The molecule has 1 amide bonds. The van der Waals surface area contributed by atoms with E-state index in [0.29, 0.717) is 18.7 Å². The lowest BCUT2D eigenvalue weighted by Gasteiger charge is -2.34. The van der Waals surface area contributed by atoms with Crippen LogP contribution in [0.25, 0.3) is 0 Å². The van der Waals surface area contributed by atoms with Crippen molar-refractivity contribution in [2.45, 2.75) is 11.4 Å². The molecule has 1 fully saturated rings. The summed E-state index contributed by atoms with van der Waals surface area (Å²) in [7, 11) is -2.21. The number of hydrogen-bond donors (Lipinski definition) is 1. The second-order valence-electron chi connectivity index (χ2n) is 6.12. The number of carbonyl (C=O) groups excluding carboxylic acids is 1. The Morgan fingerprint density at radius 3 is 2.54 bits per heavy atom. The van der Waals surface area contributed by atoms with Gasteiger partial charge in [0.05, 0.1) is 10.6 Å². The molecule has 138 valence electrons. The normalized spacial score (nSPS) is 15.8. The molecule has 8 heteroatoms. The fourth-order valence-corrected chi connectivity index (χ4v) is 3.70. The van der Waals surface area contributed by atoms with Crippen LogP contribution in [0, 0.1) is 0 Å². The minimum atomic E-state index is -3.56. The van der Waals surface area contributed by atoms with E-state index in [9.17, 15) is 13.2 Å². The number of amides is 1. The zero-order chi connectivity index (χ0) is 18.6. The average molecular weight is 374 g/mol. The van der Waals surface area contributed by atoms with Crippen LogP contribution in [-0.2, 0) is 16.6 Å². The Labute approximate surface area is 153 Å². The first-order valence-corrected chi connectivity index (χ1v) is 9.93. The van der Waals surface area contributed by atoms with E-state index in [4.69, 9.17) is 0 Å². The van der Waals surface area contributed by atoms with Crippen LogP contribution in [0.3, 0.4) is 0 Å². The number of nitrogens with zero attached hydrogens (tertiary/aromatic N) is 3. The summed E-state index contributed by atoms with van der Waals surface area (Å²) in [5, 5.41) is 0. The summed E-state index contributed by atoms with van der Waals surface area (Å²) >= 11 is 0. The minimum Gasteiger partial charge on any atom is -0.336 e. The van der Waals surface area contributed by atoms with Crippen LogP contribution in [0.1, 0.15) is 16.1 Å². The summed E-state index contributed by atoms with van der Waals surface area (Å²) in [4.78, 5) is 21.2. The molecule has 1 aliphatic heterocycles. The Kier molecular flexibility index (Phi) is 5.65. The predicted octanol–water partition coefficient (Wildman–Crippen LogP) is 0.948. The molecule has 2 aromatic rings. The highest BCUT2D eigenvalue weighted by Crippen LogP contribution is 2.15. The van der Waals surface area contributed by atoms with E-state index < -0.39 is 10.0 Å². The van der Waals surface area contributed by atoms with Gasteiger partial charge in [-0.2, -0.15) is 0 Å². The largest absolute Gasteiger partial charge is 0.336 e. The number of nitrogens with one attached hydrogen (secondary N) is 1. The van der Waals surface area contributed by atoms with Gasteiger partial charge in [0.2, 0.25) is 10.0 Å². The van der Waals surface area contributed by atoms with Crippen LogP contribution in [-0.4, -0.2) is 62.3 Å². The van der Waals surface area contributed by atoms with Gasteiger partial charge in [0.1, 0.15) is 0 Å². The number of hydrogen-bond acceptors (Lipinski definition) is 5. The Balaban J connectivity index is 1.63. The fourth-order valence-electron chi connectivity index (χ4n) is 2.93. The number of carbonyl (C=O) groups is 1. The van der Waals surface area contributed by atoms with Crippen LogP contribution < -0.4 is 4.72 Å². The maximum Gasteiger partial charge on any atom is 0.253 e. The van der Waals surface area contributed by atoms with Crippen molar-refractivity contribution in [3.63, 3.8) is 0 Å². The highest BCUT2D eigenvalue weighted by atomic mass is 32.2. The van der Waals surface area contributed by atoms with Crippen LogP contribution >= 0.6 is 0 Å². The van der Waals surface area contributed by atoms with Gasteiger partial charge in [-0.3, -0.25) is 14.7 Å². The summed E-state index contributed by atoms with van der Waals surface area (Å²) < 4.78 is 26.1. The molecule has 0 radical (unpaired) electrons. The molecule has 1 aromatic carbocycles. The summed E-state index contributed by atoms with van der Waals surface area (Å²) in [5.74, 6) is -0.143. The van der Waals surface area contributed by atoms with Gasteiger partial charge >= 0.3 is 0 Å². The molecular formula is C18H22N4O3S. The second-order valence-corrected chi connectivity index (χ2v) is 8.01. The Bertz CT molecular complexity index is 863. The Morgan fingerprint density at radius 2 is 1.88 bits per heavy atom. The van der Waals surface area contributed by atoms with E-state index in [1.807, 2.05) is 18.2 Å². The molecule has 0 saturated carbocycles. The molecule has 0 spiro atoms. The highest BCUT2D eigenvalue weighted by molar-refractivity contribution is 7.89. The quantitative estimate of drug-likeness (QED) is 0.843. The monoisotopic (exact) mass is 374 g/mol.